The molecule has 3 heteroatoms. The minimum Gasteiger partial charge on any atom is -0.352 e. The molecule has 19 heavy (non-hydrogen) atoms. The number of carbonyl (C=O) groups is 1. The van der Waals surface area contributed by atoms with Crippen LogP contribution in [0.25, 0.3) is 0 Å². The smallest absolute Gasteiger partial charge is 0.234 e. The Morgan fingerprint density at radius 3 is 2.11 bits per heavy atom. The molecule has 110 valence electrons. The molecule has 0 bridgehead atoms. The van der Waals surface area contributed by atoms with E-state index in [0.717, 1.165) is 12.5 Å². The van der Waals surface area contributed by atoms with Crippen LogP contribution in [0.4, 0.5) is 0 Å². The fourth-order valence-corrected chi connectivity index (χ4v) is 3.48. The van der Waals surface area contributed by atoms with Crippen molar-refractivity contribution in [3.05, 3.63) is 0 Å². The Morgan fingerprint density at radius 1 is 0.842 bits per heavy atom. The van der Waals surface area contributed by atoms with Crippen LogP contribution in [0.3, 0.4) is 0 Å². The lowest BCUT2D eigenvalue weighted by atomic mass is 9.89. The van der Waals surface area contributed by atoms with E-state index in [4.69, 9.17) is 0 Å². The monoisotopic (exact) mass is 266 g/mol. The van der Waals surface area contributed by atoms with Crippen LogP contribution in [-0.4, -0.2) is 25.0 Å². The molecule has 2 rings (SSSR count). The van der Waals surface area contributed by atoms with E-state index in [-0.39, 0.29) is 5.91 Å². The number of hydrogen-bond donors (Lipinski definition) is 2. The van der Waals surface area contributed by atoms with Crippen molar-refractivity contribution in [2.45, 2.75) is 76.7 Å². The van der Waals surface area contributed by atoms with Crippen molar-refractivity contribution in [3.63, 3.8) is 0 Å². The molecule has 2 saturated carbocycles. The molecule has 0 aromatic rings. The van der Waals surface area contributed by atoms with Crippen LogP contribution in [0.15, 0.2) is 0 Å². The van der Waals surface area contributed by atoms with Crippen molar-refractivity contribution in [2.75, 3.05) is 13.1 Å². The molecule has 2 fully saturated rings. The third-order valence-corrected chi connectivity index (χ3v) is 4.66. The van der Waals surface area contributed by atoms with Gasteiger partial charge >= 0.3 is 0 Å². The van der Waals surface area contributed by atoms with E-state index < -0.39 is 0 Å². The van der Waals surface area contributed by atoms with Crippen LogP contribution < -0.4 is 10.6 Å². The van der Waals surface area contributed by atoms with Gasteiger partial charge in [0.1, 0.15) is 0 Å². The maximum absolute atomic E-state index is 11.9. The van der Waals surface area contributed by atoms with Gasteiger partial charge in [0.25, 0.3) is 0 Å². The summed E-state index contributed by atoms with van der Waals surface area (Å²) in [5, 5.41) is 6.54. The van der Waals surface area contributed by atoms with Crippen molar-refractivity contribution in [1.82, 2.24) is 10.6 Å². The Labute approximate surface area is 117 Å². The lowest BCUT2D eigenvalue weighted by Gasteiger charge is -2.22. The topological polar surface area (TPSA) is 41.1 Å². The first-order chi connectivity index (χ1) is 9.34. The van der Waals surface area contributed by atoms with Crippen LogP contribution in [0, 0.1) is 5.92 Å². The molecule has 2 N–H and O–H groups in total. The van der Waals surface area contributed by atoms with Crippen molar-refractivity contribution < 1.29 is 4.79 Å². The van der Waals surface area contributed by atoms with Gasteiger partial charge in [0.15, 0.2) is 0 Å². The van der Waals surface area contributed by atoms with Gasteiger partial charge in [-0.25, -0.2) is 0 Å². The standard InChI is InChI=1S/C16H30N2O/c19-16(18-15-10-6-1-2-7-11-15)13-17-12-14-8-4-3-5-9-14/h14-15,17H,1-13H2,(H,18,19). The SMILES string of the molecule is O=C(CNCC1CCCCC1)NC1CCCCCC1. The molecule has 0 aliphatic heterocycles. The Hall–Kier alpha value is -0.570. The quantitative estimate of drug-likeness (QED) is 0.751. The van der Waals surface area contributed by atoms with E-state index in [0.29, 0.717) is 12.6 Å². The van der Waals surface area contributed by atoms with E-state index >= 15 is 0 Å². The van der Waals surface area contributed by atoms with Gasteiger partial charge in [0.05, 0.1) is 6.54 Å². The zero-order valence-corrected chi connectivity index (χ0v) is 12.3. The summed E-state index contributed by atoms with van der Waals surface area (Å²) in [6, 6.07) is 0.437. The number of hydrogen-bond acceptors (Lipinski definition) is 2. The van der Waals surface area contributed by atoms with Crippen LogP contribution in [0.5, 0.6) is 0 Å². The molecular formula is C16H30N2O. The molecule has 0 saturated heterocycles. The van der Waals surface area contributed by atoms with Gasteiger partial charge in [-0.05, 0) is 38.1 Å². The van der Waals surface area contributed by atoms with Crippen molar-refractivity contribution in [1.29, 1.82) is 0 Å². The molecule has 1 amide bonds. The second-order valence-corrected chi connectivity index (χ2v) is 6.39. The molecule has 0 unspecified atom stereocenters. The molecule has 0 aromatic heterocycles. The molecule has 0 heterocycles. The average molecular weight is 266 g/mol. The van der Waals surface area contributed by atoms with Gasteiger partial charge in [-0.3, -0.25) is 4.79 Å². The summed E-state index contributed by atoms with van der Waals surface area (Å²) in [7, 11) is 0. The Kier molecular flexibility index (Phi) is 6.69. The molecule has 0 atom stereocenters. The first kappa shape index (κ1) is 14.8. The van der Waals surface area contributed by atoms with Crippen LogP contribution in [-0.2, 0) is 4.79 Å². The maximum Gasteiger partial charge on any atom is 0.234 e. The molecule has 0 spiro atoms. The first-order valence-corrected chi connectivity index (χ1v) is 8.34. The second kappa shape index (κ2) is 8.57. The highest BCUT2D eigenvalue weighted by Gasteiger charge is 2.16. The zero-order valence-electron chi connectivity index (χ0n) is 12.3. The molecular weight excluding hydrogens is 236 g/mol. The largest absolute Gasteiger partial charge is 0.352 e. The summed E-state index contributed by atoms with van der Waals surface area (Å²) in [5.41, 5.74) is 0. The predicted octanol–water partition coefficient (Wildman–Crippen LogP) is 3.00. The normalized spacial score (nSPS) is 22.9. The summed E-state index contributed by atoms with van der Waals surface area (Å²) in [6.45, 7) is 1.53. The Morgan fingerprint density at radius 2 is 1.42 bits per heavy atom. The highest BCUT2D eigenvalue weighted by Crippen LogP contribution is 2.22. The highest BCUT2D eigenvalue weighted by atomic mass is 16.1. The van der Waals surface area contributed by atoms with E-state index in [1.54, 1.807) is 0 Å². The Bertz CT molecular complexity index is 253. The van der Waals surface area contributed by atoms with Gasteiger partial charge in [0, 0.05) is 6.04 Å². The number of nitrogens with one attached hydrogen (secondary N) is 2. The number of amides is 1. The van der Waals surface area contributed by atoms with E-state index in [1.807, 2.05) is 0 Å². The lowest BCUT2D eigenvalue weighted by Crippen LogP contribution is -2.41. The minimum absolute atomic E-state index is 0.197. The van der Waals surface area contributed by atoms with Crippen LogP contribution in [0.1, 0.15) is 70.6 Å². The zero-order chi connectivity index (χ0) is 13.3. The second-order valence-electron chi connectivity index (χ2n) is 6.39. The first-order valence-electron chi connectivity index (χ1n) is 8.34. The minimum atomic E-state index is 0.197. The molecule has 0 radical (unpaired) electrons. The molecule has 3 nitrogen and oxygen atoms in total. The van der Waals surface area contributed by atoms with Gasteiger partial charge < -0.3 is 10.6 Å². The van der Waals surface area contributed by atoms with Gasteiger partial charge in [-0.2, -0.15) is 0 Å². The summed E-state index contributed by atoms with van der Waals surface area (Å²) < 4.78 is 0. The summed E-state index contributed by atoms with van der Waals surface area (Å²) in [5.74, 6) is 1.00. The molecule has 2 aliphatic carbocycles. The van der Waals surface area contributed by atoms with Gasteiger partial charge in [-0.1, -0.05) is 44.9 Å². The van der Waals surface area contributed by atoms with Gasteiger partial charge in [-0.15, -0.1) is 0 Å². The summed E-state index contributed by atoms with van der Waals surface area (Å²) >= 11 is 0. The fourth-order valence-electron chi connectivity index (χ4n) is 3.48. The Balaban J connectivity index is 1.55. The van der Waals surface area contributed by atoms with Crippen molar-refractivity contribution >= 4 is 5.91 Å². The molecule has 0 aromatic carbocycles. The molecule has 2 aliphatic rings. The number of carbonyl (C=O) groups excluding carboxylic acids is 1. The van der Waals surface area contributed by atoms with Crippen molar-refractivity contribution in [2.24, 2.45) is 5.92 Å². The third kappa shape index (κ3) is 5.94. The van der Waals surface area contributed by atoms with Crippen LogP contribution in [0.2, 0.25) is 0 Å². The lowest BCUT2D eigenvalue weighted by molar-refractivity contribution is -0.121. The highest BCUT2D eigenvalue weighted by molar-refractivity contribution is 5.78. The van der Waals surface area contributed by atoms with E-state index in [9.17, 15) is 4.79 Å². The van der Waals surface area contributed by atoms with Crippen LogP contribution >= 0.6 is 0 Å². The summed E-state index contributed by atoms with van der Waals surface area (Å²) in [6.07, 6.45) is 14.4. The third-order valence-electron chi connectivity index (χ3n) is 4.66. The maximum atomic E-state index is 11.9. The van der Waals surface area contributed by atoms with E-state index in [2.05, 4.69) is 10.6 Å². The van der Waals surface area contributed by atoms with Gasteiger partial charge in [0.2, 0.25) is 5.91 Å². The average Bonchev–Trinajstić information content (AvgIpc) is 2.68. The predicted molar refractivity (Wildman–Crippen MR) is 79.1 cm³/mol. The van der Waals surface area contributed by atoms with E-state index in [1.165, 1.54) is 70.6 Å². The van der Waals surface area contributed by atoms with Crippen molar-refractivity contribution in [3.8, 4) is 0 Å². The summed E-state index contributed by atoms with van der Waals surface area (Å²) in [4.78, 5) is 11.9. The number of rotatable bonds is 5. The fraction of sp³-hybridized carbons (Fsp3) is 0.938.